The van der Waals surface area contributed by atoms with E-state index in [1.54, 1.807) is 7.11 Å². The summed E-state index contributed by atoms with van der Waals surface area (Å²) in [5.74, 6) is 0.327. The van der Waals surface area contributed by atoms with Gasteiger partial charge in [0.15, 0.2) is 0 Å². The second kappa shape index (κ2) is 9.75. The van der Waals surface area contributed by atoms with Crippen molar-refractivity contribution in [3.63, 3.8) is 0 Å². The monoisotopic (exact) mass is 434 g/mol. The lowest BCUT2D eigenvalue weighted by Gasteiger charge is -2.25. The number of benzene rings is 2. The number of fused-ring (bicyclic) bond motifs is 1. The van der Waals surface area contributed by atoms with Crippen LogP contribution in [0.5, 0.6) is 5.75 Å². The van der Waals surface area contributed by atoms with Gasteiger partial charge in [-0.15, -0.1) is 0 Å². The minimum absolute atomic E-state index is 0.125. The highest BCUT2D eigenvalue weighted by atomic mass is 16.6. The summed E-state index contributed by atoms with van der Waals surface area (Å²) in [5, 5.41) is 3.78. The van der Waals surface area contributed by atoms with Crippen molar-refractivity contribution in [2.75, 3.05) is 13.7 Å². The van der Waals surface area contributed by atoms with E-state index in [0.29, 0.717) is 6.42 Å². The minimum Gasteiger partial charge on any atom is -0.496 e. The molecule has 1 aliphatic heterocycles. The van der Waals surface area contributed by atoms with E-state index >= 15 is 0 Å². The molecule has 0 radical (unpaired) electrons. The third kappa shape index (κ3) is 4.41. The van der Waals surface area contributed by atoms with Crippen LogP contribution in [0.3, 0.4) is 0 Å². The molecule has 1 saturated heterocycles. The average molecular weight is 434 g/mol. The van der Waals surface area contributed by atoms with Gasteiger partial charge in [-0.1, -0.05) is 41.5 Å². The molecule has 2 atom stereocenters. The summed E-state index contributed by atoms with van der Waals surface area (Å²) >= 11 is 0. The van der Waals surface area contributed by atoms with Gasteiger partial charge in [0, 0.05) is 4.91 Å². The average Bonchev–Trinajstić information content (AvgIpc) is 3.18. The third-order valence-electron chi connectivity index (χ3n) is 6.21. The molecule has 4 rings (SSSR count). The highest BCUT2D eigenvalue weighted by Gasteiger charge is 2.40. The first-order valence-corrected chi connectivity index (χ1v) is 10.9. The van der Waals surface area contributed by atoms with E-state index in [1.807, 2.05) is 42.5 Å². The molecule has 0 N–H and O–H groups in total. The van der Waals surface area contributed by atoms with Crippen molar-refractivity contribution < 1.29 is 19.1 Å². The van der Waals surface area contributed by atoms with Crippen molar-refractivity contribution in [1.29, 1.82) is 0 Å². The molecule has 0 saturated carbocycles. The van der Waals surface area contributed by atoms with Gasteiger partial charge in [0.05, 0.1) is 13.2 Å². The van der Waals surface area contributed by atoms with E-state index in [4.69, 9.17) is 15.0 Å². The molecule has 0 unspecified atom stereocenters. The number of cyclic esters (lactones) is 1. The van der Waals surface area contributed by atoms with E-state index in [0.717, 1.165) is 58.6 Å². The highest BCUT2D eigenvalue weighted by molar-refractivity contribution is 5.96. The number of carbonyl (C=O) groups excluding carboxylic acids is 2. The first-order valence-electron chi connectivity index (χ1n) is 10.9. The summed E-state index contributed by atoms with van der Waals surface area (Å²) in [6, 6.07) is 12.0. The Balaban J connectivity index is 1.59. The Labute approximate surface area is 186 Å². The summed E-state index contributed by atoms with van der Waals surface area (Å²) in [5.41, 5.74) is 13.4. The fourth-order valence-electron chi connectivity index (χ4n) is 4.67. The molecule has 0 spiro atoms. The Hall–Kier alpha value is -3.51. The Bertz CT molecular complexity index is 1050. The Morgan fingerprint density at radius 2 is 1.97 bits per heavy atom. The van der Waals surface area contributed by atoms with Crippen LogP contribution in [0, 0.1) is 0 Å². The summed E-state index contributed by atoms with van der Waals surface area (Å²) in [6.45, 7) is 0.125. The number of amides is 2. The van der Waals surface area contributed by atoms with Gasteiger partial charge in [0.1, 0.15) is 18.4 Å². The predicted molar refractivity (Wildman–Crippen MR) is 118 cm³/mol. The number of hydrogen-bond donors (Lipinski definition) is 0. The zero-order chi connectivity index (χ0) is 22.5. The molecule has 8 nitrogen and oxygen atoms in total. The van der Waals surface area contributed by atoms with Crippen molar-refractivity contribution >= 4 is 12.0 Å². The zero-order valence-electron chi connectivity index (χ0n) is 18.1. The van der Waals surface area contributed by atoms with Gasteiger partial charge in [-0.05, 0) is 72.4 Å². The molecule has 2 aliphatic rings. The van der Waals surface area contributed by atoms with E-state index in [2.05, 4.69) is 10.0 Å². The SMILES string of the molecule is COc1ccc(C[C@H](N=[N+]=[N-])C(=O)N2C(=O)OC[C@H]2Cc2ccccc2)c2c1CCCC2. The molecule has 1 fully saturated rings. The van der Waals surface area contributed by atoms with Gasteiger partial charge in [0.2, 0.25) is 5.91 Å². The number of carbonyl (C=O) groups is 2. The first kappa shape index (κ1) is 21.7. The predicted octanol–water partition coefficient (Wildman–Crippen LogP) is 4.39. The number of rotatable bonds is 7. The minimum atomic E-state index is -1.02. The van der Waals surface area contributed by atoms with Crippen molar-refractivity contribution in [2.24, 2.45) is 5.11 Å². The van der Waals surface area contributed by atoms with E-state index in [9.17, 15) is 9.59 Å². The molecule has 2 amide bonds. The number of nitrogens with zero attached hydrogens (tertiary/aromatic N) is 4. The van der Waals surface area contributed by atoms with Crippen molar-refractivity contribution in [3.05, 3.63) is 75.2 Å². The Kier molecular flexibility index (Phi) is 6.61. The Morgan fingerprint density at radius 3 is 2.69 bits per heavy atom. The molecular weight excluding hydrogens is 408 g/mol. The summed E-state index contributed by atoms with van der Waals surface area (Å²) in [7, 11) is 1.65. The fraction of sp³-hybridized carbons (Fsp3) is 0.417. The standard InChI is InChI=1S/C24H26N4O4/c1-31-22-12-11-17(19-9-5-6-10-20(19)22)14-21(26-27-25)23(29)28-18(15-32-24(28)30)13-16-7-3-2-4-8-16/h2-4,7-8,11-12,18,21H,5-6,9-10,13-15H2,1H3/t18-,21+/m1/s1. The topological polar surface area (TPSA) is 105 Å². The molecule has 0 aromatic heterocycles. The first-order chi connectivity index (χ1) is 15.6. The number of imide groups is 1. The lowest BCUT2D eigenvalue weighted by Crippen LogP contribution is -2.45. The van der Waals surface area contributed by atoms with Crippen LogP contribution in [0.15, 0.2) is 47.6 Å². The van der Waals surface area contributed by atoms with Crippen LogP contribution in [0.25, 0.3) is 10.4 Å². The number of azide groups is 1. The Morgan fingerprint density at radius 1 is 1.22 bits per heavy atom. The molecule has 1 aliphatic carbocycles. The molecule has 1 heterocycles. The summed E-state index contributed by atoms with van der Waals surface area (Å²) < 4.78 is 10.7. The quantitative estimate of drug-likeness (QED) is 0.366. The number of ether oxygens (including phenoxy) is 2. The van der Waals surface area contributed by atoms with Crippen molar-refractivity contribution in [2.45, 2.75) is 50.6 Å². The van der Waals surface area contributed by atoms with Crippen molar-refractivity contribution in [1.82, 2.24) is 4.90 Å². The smallest absolute Gasteiger partial charge is 0.416 e. The fourth-order valence-corrected chi connectivity index (χ4v) is 4.67. The van der Waals surface area contributed by atoms with E-state index in [-0.39, 0.29) is 13.0 Å². The number of methoxy groups -OCH3 is 1. The molecule has 8 heteroatoms. The van der Waals surface area contributed by atoms with E-state index < -0.39 is 24.1 Å². The van der Waals surface area contributed by atoms with Crippen molar-refractivity contribution in [3.8, 4) is 5.75 Å². The maximum Gasteiger partial charge on any atom is 0.416 e. The van der Waals surface area contributed by atoms with Gasteiger partial charge in [-0.2, -0.15) is 0 Å². The molecule has 0 bridgehead atoms. The lowest BCUT2D eigenvalue weighted by atomic mass is 9.85. The van der Waals surface area contributed by atoms with Gasteiger partial charge >= 0.3 is 6.09 Å². The molecule has 166 valence electrons. The van der Waals surface area contributed by atoms with Gasteiger partial charge in [-0.3, -0.25) is 4.79 Å². The molecule has 2 aromatic rings. The number of hydrogen-bond acceptors (Lipinski definition) is 5. The second-order valence-corrected chi connectivity index (χ2v) is 8.14. The maximum absolute atomic E-state index is 13.4. The molecule has 2 aromatic carbocycles. The zero-order valence-corrected chi connectivity index (χ0v) is 18.1. The van der Waals surface area contributed by atoms with Crippen LogP contribution in [-0.4, -0.2) is 42.7 Å². The molecule has 32 heavy (non-hydrogen) atoms. The second-order valence-electron chi connectivity index (χ2n) is 8.14. The van der Waals surface area contributed by atoms with Crippen LogP contribution >= 0.6 is 0 Å². The third-order valence-corrected chi connectivity index (χ3v) is 6.21. The van der Waals surface area contributed by atoms with E-state index in [1.165, 1.54) is 0 Å². The van der Waals surface area contributed by atoms with Crippen LogP contribution in [0.2, 0.25) is 0 Å². The summed E-state index contributed by atoms with van der Waals surface area (Å²) in [4.78, 5) is 29.8. The molecular formula is C24H26N4O4. The van der Waals surface area contributed by atoms with Crippen LogP contribution in [-0.2, 0) is 35.2 Å². The van der Waals surface area contributed by atoms with Crippen LogP contribution in [0.4, 0.5) is 4.79 Å². The highest BCUT2D eigenvalue weighted by Crippen LogP contribution is 2.33. The largest absolute Gasteiger partial charge is 0.496 e. The maximum atomic E-state index is 13.4. The van der Waals surface area contributed by atoms with Gasteiger partial charge in [-0.25, -0.2) is 9.69 Å². The lowest BCUT2D eigenvalue weighted by molar-refractivity contribution is -0.130. The normalized spacial score (nSPS) is 18.3. The van der Waals surface area contributed by atoms with Gasteiger partial charge < -0.3 is 9.47 Å². The van der Waals surface area contributed by atoms with Crippen LogP contribution in [0.1, 0.15) is 35.1 Å². The summed E-state index contributed by atoms with van der Waals surface area (Å²) in [6.07, 6.45) is 3.99. The van der Waals surface area contributed by atoms with Crippen LogP contribution < -0.4 is 4.74 Å². The van der Waals surface area contributed by atoms with Gasteiger partial charge in [0.25, 0.3) is 0 Å².